The molecule has 0 aromatic heterocycles. The predicted octanol–water partition coefficient (Wildman–Crippen LogP) is 0.780. The summed E-state index contributed by atoms with van der Waals surface area (Å²) in [4.78, 5) is 0. The smallest absolute Gasteiger partial charge is 0.102 e. The molecular weight excluding hydrogens is 192 g/mol. The minimum absolute atomic E-state index is 0.270. The summed E-state index contributed by atoms with van der Waals surface area (Å²) in [5.74, 6) is 0. The number of hydrogen-bond donors (Lipinski definition) is 3. The third-order valence-electron chi connectivity index (χ3n) is 2.87. The fraction of sp³-hybridized carbons (Fsp3) is 0.500. The SMILES string of the molecule is OCC(O)c1cccc(CC2(O)CC2)c1. The van der Waals surface area contributed by atoms with Crippen LogP contribution in [0, 0.1) is 0 Å². The van der Waals surface area contributed by atoms with E-state index in [1.807, 2.05) is 18.2 Å². The highest BCUT2D eigenvalue weighted by Gasteiger charge is 2.40. The summed E-state index contributed by atoms with van der Waals surface area (Å²) in [5.41, 5.74) is 1.21. The topological polar surface area (TPSA) is 60.7 Å². The molecule has 1 aliphatic carbocycles. The van der Waals surface area contributed by atoms with E-state index in [1.54, 1.807) is 6.07 Å². The first-order chi connectivity index (χ1) is 7.13. The molecule has 1 atom stereocenters. The molecule has 3 nitrogen and oxygen atoms in total. The molecule has 1 unspecified atom stereocenters. The van der Waals surface area contributed by atoms with E-state index in [2.05, 4.69) is 0 Å². The Morgan fingerprint density at radius 1 is 1.33 bits per heavy atom. The Morgan fingerprint density at radius 3 is 2.67 bits per heavy atom. The van der Waals surface area contributed by atoms with Gasteiger partial charge in [0.15, 0.2) is 0 Å². The fourth-order valence-corrected chi connectivity index (χ4v) is 1.72. The van der Waals surface area contributed by atoms with Crippen LogP contribution in [0.25, 0.3) is 0 Å². The van der Waals surface area contributed by atoms with E-state index in [9.17, 15) is 10.2 Å². The summed E-state index contributed by atoms with van der Waals surface area (Å²) in [6, 6.07) is 7.40. The Hall–Kier alpha value is -0.900. The Morgan fingerprint density at radius 2 is 2.07 bits per heavy atom. The lowest BCUT2D eigenvalue weighted by atomic mass is 10.0. The molecule has 0 spiro atoms. The van der Waals surface area contributed by atoms with Gasteiger partial charge >= 0.3 is 0 Å². The molecule has 1 fully saturated rings. The zero-order valence-corrected chi connectivity index (χ0v) is 8.56. The van der Waals surface area contributed by atoms with E-state index in [0.717, 1.165) is 18.4 Å². The van der Waals surface area contributed by atoms with E-state index in [0.29, 0.717) is 12.0 Å². The molecule has 0 aliphatic heterocycles. The first kappa shape index (κ1) is 10.6. The molecule has 1 saturated carbocycles. The van der Waals surface area contributed by atoms with Crippen molar-refractivity contribution in [1.82, 2.24) is 0 Å². The van der Waals surface area contributed by atoms with Crippen LogP contribution >= 0.6 is 0 Å². The summed E-state index contributed by atoms with van der Waals surface area (Å²) >= 11 is 0. The molecule has 1 aliphatic rings. The molecule has 2 rings (SSSR count). The lowest BCUT2D eigenvalue weighted by molar-refractivity contribution is 0.0954. The number of aliphatic hydroxyl groups excluding tert-OH is 2. The summed E-state index contributed by atoms with van der Waals surface area (Å²) in [5, 5.41) is 28.0. The largest absolute Gasteiger partial charge is 0.393 e. The van der Waals surface area contributed by atoms with Gasteiger partial charge in [0.05, 0.1) is 12.2 Å². The van der Waals surface area contributed by atoms with Crippen molar-refractivity contribution < 1.29 is 15.3 Å². The number of benzene rings is 1. The first-order valence-electron chi connectivity index (χ1n) is 5.23. The average molecular weight is 208 g/mol. The Labute approximate surface area is 89.0 Å². The van der Waals surface area contributed by atoms with Gasteiger partial charge in [-0.1, -0.05) is 24.3 Å². The highest BCUT2D eigenvalue weighted by molar-refractivity contribution is 5.27. The van der Waals surface area contributed by atoms with Gasteiger partial charge in [0.2, 0.25) is 0 Å². The monoisotopic (exact) mass is 208 g/mol. The molecule has 1 aromatic rings. The van der Waals surface area contributed by atoms with Crippen molar-refractivity contribution in [3.8, 4) is 0 Å². The molecular formula is C12H16O3. The van der Waals surface area contributed by atoms with E-state index < -0.39 is 11.7 Å². The van der Waals surface area contributed by atoms with Crippen molar-refractivity contribution >= 4 is 0 Å². The van der Waals surface area contributed by atoms with Crippen molar-refractivity contribution in [1.29, 1.82) is 0 Å². The maximum atomic E-state index is 9.76. The minimum atomic E-state index is -0.821. The second-order valence-corrected chi connectivity index (χ2v) is 4.34. The molecule has 82 valence electrons. The van der Waals surface area contributed by atoms with Crippen LogP contribution < -0.4 is 0 Å². The summed E-state index contributed by atoms with van der Waals surface area (Å²) in [7, 11) is 0. The number of rotatable bonds is 4. The average Bonchev–Trinajstić information content (AvgIpc) is 2.95. The van der Waals surface area contributed by atoms with Crippen LogP contribution in [0.2, 0.25) is 0 Å². The lowest BCUT2D eigenvalue weighted by Gasteiger charge is -2.11. The van der Waals surface area contributed by atoms with Gasteiger partial charge in [0.25, 0.3) is 0 Å². The van der Waals surface area contributed by atoms with Crippen LogP contribution in [0.4, 0.5) is 0 Å². The highest BCUT2D eigenvalue weighted by Crippen LogP contribution is 2.38. The molecule has 0 saturated heterocycles. The van der Waals surface area contributed by atoms with Crippen molar-refractivity contribution in [2.75, 3.05) is 6.61 Å². The second-order valence-electron chi connectivity index (χ2n) is 4.34. The normalized spacial score (nSPS) is 19.9. The van der Waals surface area contributed by atoms with E-state index in [-0.39, 0.29) is 6.61 Å². The van der Waals surface area contributed by atoms with Gasteiger partial charge < -0.3 is 15.3 Å². The quantitative estimate of drug-likeness (QED) is 0.685. The minimum Gasteiger partial charge on any atom is -0.393 e. The highest BCUT2D eigenvalue weighted by atomic mass is 16.3. The lowest BCUT2D eigenvalue weighted by Crippen LogP contribution is -2.11. The molecule has 0 bridgehead atoms. The molecule has 0 radical (unpaired) electrons. The van der Waals surface area contributed by atoms with Crippen LogP contribution in [0.1, 0.15) is 30.1 Å². The standard InChI is InChI=1S/C12H16O3/c13-8-11(14)10-3-1-2-9(6-10)7-12(15)4-5-12/h1-3,6,11,13-15H,4-5,7-8H2. The number of hydrogen-bond acceptors (Lipinski definition) is 3. The molecule has 3 heteroatoms. The summed E-state index contributed by atoms with van der Waals surface area (Å²) < 4.78 is 0. The van der Waals surface area contributed by atoms with Crippen LogP contribution in [-0.2, 0) is 6.42 Å². The van der Waals surface area contributed by atoms with Crippen molar-refractivity contribution in [2.24, 2.45) is 0 Å². The van der Waals surface area contributed by atoms with Gasteiger partial charge in [-0.15, -0.1) is 0 Å². The predicted molar refractivity (Wildman–Crippen MR) is 56.4 cm³/mol. The third-order valence-corrected chi connectivity index (χ3v) is 2.87. The van der Waals surface area contributed by atoms with E-state index in [1.165, 1.54) is 0 Å². The zero-order chi connectivity index (χ0) is 10.9. The molecule has 15 heavy (non-hydrogen) atoms. The van der Waals surface area contributed by atoms with Gasteiger partial charge in [0, 0.05) is 6.42 Å². The zero-order valence-electron chi connectivity index (χ0n) is 8.56. The van der Waals surface area contributed by atoms with Gasteiger partial charge in [-0.3, -0.25) is 0 Å². The third kappa shape index (κ3) is 2.56. The number of aliphatic hydroxyl groups is 3. The Balaban J connectivity index is 2.11. The van der Waals surface area contributed by atoms with Gasteiger partial charge in [-0.05, 0) is 24.0 Å². The van der Waals surface area contributed by atoms with Gasteiger partial charge in [-0.25, -0.2) is 0 Å². The molecule has 0 amide bonds. The van der Waals surface area contributed by atoms with Crippen molar-refractivity contribution in [3.05, 3.63) is 35.4 Å². The van der Waals surface area contributed by atoms with E-state index >= 15 is 0 Å². The molecule has 0 heterocycles. The van der Waals surface area contributed by atoms with Gasteiger partial charge in [-0.2, -0.15) is 0 Å². The maximum Gasteiger partial charge on any atom is 0.102 e. The second kappa shape index (κ2) is 3.93. The Bertz CT molecular complexity index is 344. The fourth-order valence-electron chi connectivity index (χ4n) is 1.72. The molecule has 1 aromatic carbocycles. The maximum absolute atomic E-state index is 9.76. The first-order valence-corrected chi connectivity index (χ1v) is 5.23. The van der Waals surface area contributed by atoms with Crippen LogP contribution in [-0.4, -0.2) is 27.5 Å². The van der Waals surface area contributed by atoms with Crippen LogP contribution in [0.3, 0.4) is 0 Å². The van der Waals surface area contributed by atoms with Crippen molar-refractivity contribution in [3.63, 3.8) is 0 Å². The summed E-state index contributed by atoms with van der Waals surface area (Å²) in [6.07, 6.45) is 1.54. The Kier molecular flexibility index (Phi) is 2.78. The van der Waals surface area contributed by atoms with Crippen molar-refractivity contribution in [2.45, 2.75) is 31.0 Å². The van der Waals surface area contributed by atoms with E-state index in [4.69, 9.17) is 5.11 Å². The van der Waals surface area contributed by atoms with Crippen LogP contribution in [0.15, 0.2) is 24.3 Å². The van der Waals surface area contributed by atoms with Gasteiger partial charge in [0.1, 0.15) is 6.10 Å². The summed E-state index contributed by atoms with van der Waals surface area (Å²) in [6.45, 7) is -0.270. The van der Waals surface area contributed by atoms with Crippen LogP contribution in [0.5, 0.6) is 0 Å². The molecule has 3 N–H and O–H groups in total.